The third kappa shape index (κ3) is 6.61. The molecule has 0 saturated carbocycles. The predicted molar refractivity (Wildman–Crippen MR) is 131 cm³/mol. The van der Waals surface area contributed by atoms with Crippen molar-refractivity contribution in [2.24, 2.45) is 0 Å². The first-order chi connectivity index (χ1) is 14.4. The Bertz CT molecular complexity index is 587. The molecule has 0 spiro atoms. The number of benzene rings is 1. The number of quaternary nitrogens is 2. The van der Waals surface area contributed by atoms with Gasteiger partial charge in [0.2, 0.25) is 0 Å². The zero-order chi connectivity index (χ0) is 22.6. The summed E-state index contributed by atoms with van der Waals surface area (Å²) in [7, 11) is 0. The SMILES string of the molecule is C=Cc1cc(OCC[N+](CC)(CC)CC)c(C=C)cc1OCC[N+](CC)(CC)CC. The fourth-order valence-electron chi connectivity index (χ4n) is 4.15. The van der Waals surface area contributed by atoms with Crippen LogP contribution in [-0.2, 0) is 0 Å². The van der Waals surface area contributed by atoms with Crippen LogP contribution in [0.25, 0.3) is 12.2 Å². The van der Waals surface area contributed by atoms with Crippen molar-refractivity contribution in [3.05, 3.63) is 36.4 Å². The normalized spacial score (nSPS) is 11.9. The van der Waals surface area contributed by atoms with Crippen LogP contribution in [0.4, 0.5) is 0 Å². The molecule has 170 valence electrons. The molecule has 0 N–H and O–H groups in total. The number of hydrogen-bond donors (Lipinski definition) is 0. The van der Waals surface area contributed by atoms with E-state index in [0.29, 0.717) is 13.2 Å². The molecule has 0 atom stereocenters. The second-order valence-corrected chi connectivity index (χ2v) is 8.06. The molecular formula is C26H46N2O2+2. The maximum atomic E-state index is 6.20. The van der Waals surface area contributed by atoms with E-state index in [2.05, 4.69) is 54.7 Å². The van der Waals surface area contributed by atoms with Gasteiger partial charge >= 0.3 is 0 Å². The molecule has 30 heavy (non-hydrogen) atoms. The van der Waals surface area contributed by atoms with Gasteiger partial charge in [-0.1, -0.05) is 25.3 Å². The van der Waals surface area contributed by atoms with Crippen molar-refractivity contribution < 1.29 is 18.4 Å². The Kier molecular flexibility index (Phi) is 11.2. The highest BCUT2D eigenvalue weighted by Crippen LogP contribution is 2.31. The van der Waals surface area contributed by atoms with Gasteiger partial charge in [0.1, 0.15) is 37.8 Å². The van der Waals surface area contributed by atoms with E-state index in [0.717, 1.165) is 84.0 Å². The maximum absolute atomic E-state index is 6.20. The minimum absolute atomic E-state index is 0.691. The van der Waals surface area contributed by atoms with Crippen LogP contribution in [0.15, 0.2) is 25.3 Å². The molecule has 0 unspecified atom stereocenters. The second-order valence-electron chi connectivity index (χ2n) is 8.06. The van der Waals surface area contributed by atoms with E-state index in [-0.39, 0.29) is 0 Å². The standard InChI is InChI=1S/C26H46N2O2/c1-9-23-21-26(30-20-18-28(14-6,15-7)16-8)24(10-2)22-25(23)29-19-17-27(11-3,12-4)13-5/h9-10,21-22H,1-2,11-20H2,3-8H3/q+2. The Morgan fingerprint density at radius 2 is 0.933 bits per heavy atom. The third-order valence-corrected chi connectivity index (χ3v) is 7.25. The average Bonchev–Trinajstić information content (AvgIpc) is 2.80. The summed E-state index contributed by atoms with van der Waals surface area (Å²) in [6.45, 7) is 31.7. The number of rotatable bonds is 16. The van der Waals surface area contributed by atoms with Crippen LogP contribution in [0.1, 0.15) is 52.7 Å². The summed E-state index contributed by atoms with van der Waals surface area (Å²) in [5, 5.41) is 0. The number of ether oxygens (including phenoxy) is 2. The van der Waals surface area contributed by atoms with Crippen LogP contribution >= 0.6 is 0 Å². The lowest BCUT2D eigenvalue weighted by atomic mass is 10.1. The Morgan fingerprint density at radius 3 is 1.17 bits per heavy atom. The maximum Gasteiger partial charge on any atom is 0.137 e. The molecule has 0 radical (unpaired) electrons. The number of hydrogen-bond acceptors (Lipinski definition) is 2. The van der Waals surface area contributed by atoms with Gasteiger partial charge < -0.3 is 18.4 Å². The monoisotopic (exact) mass is 418 g/mol. The molecule has 4 heteroatoms. The van der Waals surface area contributed by atoms with Crippen molar-refractivity contribution in [3.63, 3.8) is 0 Å². The summed E-state index contributed by atoms with van der Waals surface area (Å²) in [6.07, 6.45) is 3.70. The van der Waals surface area contributed by atoms with E-state index in [9.17, 15) is 0 Å². The van der Waals surface area contributed by atoms with Crippen LogP contribution in [0, 0.1) is 0 Å². The molecule has 1 aromatic rings. The summed E-state index contributed by atoms with van der Waals surface area (Å²) < 4.78 is 14.6. The van der Waals surface area contributed by atoms with E-state index in [4.69, 9.17) is 9.47 Å². The molecule has 0 amide bonds. The summed E-state index contributed by atoms with van der Waals surface area (Å²) in [4.78, 5) is 0. The molecule has 0 aliphatic rings. The lowest BCUT2D eigenvalue weighted by Gasteiger charge is -2.35. The fraction of sp³-hybridized carbons (Fsp3) is 0.615. The van der Waals surface area contributed by atoms with Crippen molar-refractivity contribution in [2.75, 3.05) is 65.6 Å². The first kappa shape index (κ1) is 26.3. The van der Waals surface area contributed by atoms with Crippen LogP contribution in [0.5, 0.6) is 11.5 Å². The highest BCUT2D eigenvalue weighted by atomic mass is 16.5. The molecule has 0 aromatic heterocycles. The quantitative estimate of drug-likeness (QED) is 0.331. The van der Waals surface area contributed by atoms with Crippen molar-refractivity contribution in [3.8, 4) is 11.5 Å². The van der Waals surface area contributed by atoms with Gasteiger partial charge in [-0.25, -0.2) is 0 Å². The smallest absolute Gasteiger partial charge is 0.137 e. The average molecular weight is 419 g/mol. The summed E-state index contributed by atoms with van der Waals surface area (Å²) >= 11 is 0. The largest absolute Gasteiger partial charge is 0.487 e. The first-order valence-electron chi connectivity index (χ1n) is 11.8. The third-order valence-electron chi connectivity index (χ3n) is 7.25. The van der Waals surface area contributed by atoms with Gasteiger partial charge in [-0.3, -0.25) is 0 Å². The molecule has 0 bridgehead atoms. The molecule has 0 fully saturated rings. The molecule has 0 heterocycles. The van der Waals surface area contributed by atoms with Gasteiger partial charge in [-0.15, -0.1) is 0 Å². The van der Waals surface area contributed by atoms with Crippen molar-refractivity contribution >= 4 is 12.2 Å². The highest BCUT2D eigenvalue weighted by Gasteiger charge is 2.22. The molecule has 0 aliphatic carbocycles. The number of likely N-dealkylation sites (N-methyl/N-ethyl adjacent to an activating group) is 2. The minimum Gasteiger partial charge on any atom is -0.487 e. The van der Waals surface area contributed by atoms with E-state index in [1.165, 1.54) is 0 Å². The van der Waals surface area contributed by atoms with Gasteiger partial charge in [0.25, 0.3) is 0 Å². The van der Waals surface area contributed by atoms with Gasteiger partial charge in [0.05, 0.1) is 39.3 Å². The van der Waals surface area contributed by atoms with Crippen LogP contribution < -0.4 is 9.47 Å². The van der Waals surface area contributed by atoms with E-state index < -0.39 is 0 Å². The predicted octanol–water partition coefficient (Wildman–Crippen LogP) is 5.48. The summed E-state index contributed by atoms with van der Waals surface area (Å²) in [6, 6.07) is 4.08. The Hall–Kier alpha value is -1.78. The fourth-order valence-corrected chi connectivity index (χ4v) is 4.15. The molecule has 4 nitrogen and oxygen atoms in total. The van der Waals surface area contributed by atoms with Crippen molar-refractivity contribution in [1.82, 2.24) is 0 Å². The zero-order valence-electron chi connectivity index (χ0n) is 20.5. The second kappa shape index (κ2) is 12.8. The van der Waals surface area contributed by atoms with Gasteiger partial charge in [0, 0.05) is 11.1 Å². The van der Waals surface area contributed by atoms with E-state index >= 15 is 0 Å². The topological polar surface area (TPSA) is 18.5 Å². The van der Waals surface area contributed by atoms with Crippen LogP contribution in [0.3, 0.4) is 0 Å². The van der Waals surface area contributed by atoms with Crippen molar-refractivity contribution in [2.45, 2.75) is 41.5 Å². The van der Waals surface area contributed by atoms with E-state index in [1.54, 1.807) is 0 Å². The summed E-state index contributed by atoms with van der Waals surface area (Å²) in [5.74, 6) is 1.71. The molecule has 1 rings (SSSR count). The molecule has 1 aromatic carbocycles. The first-order valence-corrected chi connectivity index (χ1v) is 11.8. The van der Waals surface area contributed by atoms with Crippen LogP contribution in [-0.4, -0.2) is 74.5 Å². The number of nitrogens with zero attached hydrogens (tertiary/aromatic N) is 2. The molecule has 0 aliphatic heterocycles. The Balaban J connectivity index is 2.91. The minimum atomic E-state index is 0.691. The van der Waals surface area contributed by atoms with Gasteiger partial charge in [0.15, 0.2) is 0 Å². The zero-order valence-corrected chi connectivity index (χ0v) is 20.5. The molecular weight excluding hydrogens is 372 g/mol. The lowest BCUT2D eigenvalue weighted by molar-refractivity contribution is -0.923. The van der Waals surface area contributed by atoms with Gasteiger partial charge in [-0.2, -0.15) is 0 Å². The van der Waals surface area contributed by atoms with E-state index in [1.807, 2.05) is 24.3 Å². The Morgan fingerprint density at radius 1 is 0.633 bits per heavy atom. The Labute approximate surface area is 186 Å². The van der Waals surface area contributed by atoms with Crippen molar-refractivity contribution in [1.29, 1.82) is 0 Å². The van der Waals surface area contributed by atoms with Gasteiger partial charge in [-0.05, 0) is 53.7 Å². The summed E-state index contributed by atoms with van der Waals surface area (Å²) in [5.41, 5.74) is 1.95. The van der Waals surface area contributed by atoms with Crippen LogP contribution in [0.2, 0.25) is 0 Å². The lowest BCUT2D eigenvalue weighted by Crippen LogP contribution is -2.50. The highest BCUT2D eigenvalue weighted by molar-refractivity contribution is 5.66. The molecule has 0 saturated heterocycles.